The van der Waals surface area contributed by atoms with E-state index in [1.807, 2.05) is 42.2 Å². The average molecular weight is 498 g/mol. The van der Waals surface area contributed by atoms with Crippen LogP contribution >= 0.6 is 23.2 Å². The summed E-state index contributed by atoms with van der Waals surface area (Å²) in [6, 6.07) is 13.6. The number of nitrogens with one attached hydrogen (secondary N) is 1. The van der Waals surface area contributed by atoms with Crippen molar-refractivity contribution >= 4 is 29.2 Å². The summed E-state index contributed by atoms with van der Waals surface area (Å²) in [5.41, 5.74) is 3.22. The normalized spacial score (nSPS) is 15.6. The number of carbonyl (C=O) groups is 1. The van der Waals surface area contributed by atoms with Gasteiger partial charge in [-0.25, -0.2) is 4.79 Å². The van der Waals surface area contributed by atoms with Crippen LogP contribution in [-0.2, 0) is 6.54 Å². The summed E-state index contributed by atoms with van der Waals surface area (Å²) < 4.78 is 0. The van der Waals surface area contributed by atoms with Crippen LogP contribution in [0.3, 0.4) is 0 Å². The number of amides is 2. The molecule has 178 valence electrons. The number of piperidine rings is 1. The van der Waals surface area contributed by atoms with E-state index >= 15 is 0 Å². The molecule has 0 saturated carbocycles. The number of likely N-dealkylation sites (tertiary alicyclic amines) is 1. The van der Waals surface area contributed by atoms with Crippen LogP contribution in [-0.4, -0.2) is 52.0 Å². The van der Waals surface area contributed by atoms with Crippen LogP contribution in [0, 0.1) is 0 Å². The number of nitrogens with zero attached hydrogens (tertiary/aromatic N) is 4. The van der Waals surface area contributed by atoms with E-state index in [0.29, 0.717) is 27.8 Å². The molecule has 1 fully saturated rings. The molecule has 1 aliphatic rings. The first-order valence-corrected chi connectivity index (χ1v) is 12.2. The van der Waals surface area contributed by atoms with Crippen molar-refractivity contribution in [2.45, 2.75) is 38.4 Å². The molecule has 1 aromatic heterocycles. The summed E-state index contributed by atoms with van der Waals surface area (Å²) in [5.74, 6) is 0. The van der Waals surface area contributed by atoms with Crippen LogP contribution in [0.4, 0.5) is 4.79 Å². The monoisotopic (exact) mass is 497 g/mol. The first-order valence-electron chi connectivity index (χ1n) is 11.5. The molecular weight excluding hydrogens is 469 g/mol. The minimum atomic E-state index is -0.321. The van der Waals surface area contributed by atoms with E-state index < -0.39 is 0 Å². The van der Waals surface area contributed by atoms with Crippen molar-refractivity contribution in [2.75, 3.05) is 20.1 Å². The number of carbonyl (C=O) groups excluding carboxylic acids is 1. The first kappa shape index (κ1) is 24.5. The molecule has 34 heavy (non-hydrogen) atoms. The Labute approximate surface area is 210 Å². The summed E-state index contributed by atoms with van der Waals surface area (Å²) in [4.78, 5) is 26.2. The van der Waals surface area contributed by atoms with Crippen molar-refractivity contribution in [2.24, 2.45) is 0 Å². The largest absolute Gasteiger partial charge is 0.331 e. The Bertz CT molecular complexity index is 1100. The Morgan fingerprint density at radius 3 is 2.53 bits per heavy atom. The third-order valence-corrected chi connectivity index (χ3v) is 7.24. The fraction of sp³-hybridized carbons (Fsp3) is 0.346. The van der Waals surface area contributed by atoms with Gasteiger partial charge in [-0.1, -0.05) is 65.7 Å². The van der Waals surface area contributed by atoms with Crippen LogP contribution < -0.4 is 5.32 Å². The molecule has 1 atom stereocenters. The number of halogens is 2. The molecular formula is C26H29Cl2N5O. The Morgan fingerprint density at radius 1 is 1.12 bits per heavy atom. The molecule has 0 radical (unpaired) electrons. The number of hydrogen-bond acceptors (Lipinski definition) is 4. The highest BCUT2D eigenvalue weighted by atomic mass is 35.5. The third-order valence-electron chi connectivity index (χ3n) is 6.34. The standard InChI is InChI=1S/C26H29Cl2N5O/c1-18(21-8-9-22(25(28)24(21)27)23-16-29-12-13-30-23)31-26(34)33(17-19-6-4-3-5-7-19)20-10-14-32(2)15-11-20/h3-9,12-13,16,18,20H,10-11,14-15,17H2,1-2H3,(H,31,34). The Kier molecular flexibility index (Phi) is 8.03. The predicted octanol–water partition coefficient (Wildman–Crippen LogP) is 5.82. The topological polar surface area (TPSA) is 61.4 Å². The van der Waals surface area contributed by atoms with Gasteiger partial charge in [-0.3, -0.25) is 9.97 Å². The van der Waals surface area contributed by atoms with E-state index in [0.717, 1.165) is 37.1 Å². The van der Waals surface area contributed by atoms with Crippen LogP contribution in [0.25, 0.3) is 11.3 Å². The number of aromatic nitrogens is 2. The molecule has 4 rings (SSSR count). The summed E-state index contributed by atoms with van der Waals surface area (Å²) in [6.07, 6.45) is 6.76. The molecule has 1 N–H and O–H groups in total. The van der Waals surface area contributed by atoms with E-state index in [2.05, 4.69) is 39.4 Å². The lowest BCUT2D eigenvalue weighted by Crippen LogP contribution is -2.50. The highest BCUT2D eigenvalue weighted by Crippen LogP contribution is 2.37. The summed E-state index contributed by atoms with van der Waals surface area (Å²) in [7, 11) is 2.12. The maximum absolute atomic E-state index is 13.5. The van der Waals surface area contributed by atoms with Crippen molar-refractivity contribution in [1.29, 1.82) is 0 Å². The highest BCUT2D eigenvalue weighted by Gasteiger charge is 2.28. The van der Waals surface area contributed by atoms with E-state index in [9.17, 15) is 4.79 Å². The zero-order valence-electron chi connectivity index (χ0n) is 19.4. The zero-order chi connectivity index (χ0) is 24.1. The van der Waals surface area contributed by atoms with Gasteiger partial charge >= 0.3 is 6.03 Å². The molecule has 2 amide bonds. The van der Waals surface area contributed by atoms with Gasteiger partial charge in [0.05, 0.1) is 28.0 Å². The van der Waals surface area contributed by atoms with Crippen LogP contribution in [0.2, 0.25) is 10.0 Å². The Hall–Kier alpha value is -2.67. The molecule has 0 aliphatic carbocycles. The Balaban J connectivity index is 1.53. The maximum Gasteiger partial charge on any atom is 0.318 e. The number of hydrogen-bond donors (Lipinski definition) is 1. The van der Waals surface area contributed by atoms with Gasteiger partial charge in [0.25, 0.3) is 0 Å². The van der Waals surface area contributed by atoms with Gasteiger partial charge in [-0.05, 0) is 51.0 Å². The fourth-order valence-electron chi connectivity index (χ4n) is 4.33. The average Bonchev–Trinajstić information content (AvgIpc) is 2.86. The smallest absolute Gasteiger partial charge is 0.318 e. The first-order chi connectivity index (χ1) is 16.4. The van der Waals surface area contributed by atoms with E-state index in [-0.39, 0.29) is 18.1 Å². The molecule has 8 heteroatoms. The zero-order valence-corrected chi connectivity index (χ0v) is 20.9. The molecule has 0 spiro atoms. The predicted molar refractivity (Wildman–Crippen MR) is 137 cm³/mol. The highest BCUT2D eigenvalue weighted by molar-refractivity contribution is 6.44. The van der Waals surface area contributed by atoms with Gasteiger partial charge in [0.15, 0.2) is 0 Å². The van der Waals surface area contributed by atoms with Gasteiger partial charge in [-0.15, -0.1) is 0 Å². The molecule has 2 heterocycles. The lowest BCUT2D eigenvalue weighted by atomic mass is 10.0. The van der Waals surface area contributed by atoms with Crippen LogP contribution in [0.15, 0.2) is 61.1 Å². The van der Waals surface area contributed by atoms with Crippen molar-refractivity contribution in [3.05, 3.63) is 82.2 Å². The fourth-order valence-corrected chi connectivity index (χ4v) is 4.93. The Morgan fingerprint density at radius 2 is 1.85 bits per heavy atom. The van der Waals surface area contributed by atoms with Crippen LogP contribution in [0.1, 0.15) is 36.9 Å². The second-order valence-corrected chi connectivity index (χ2v) is 9.50. The molecule has 6 nitrogen and oxygen atoms in total. The van der Waals surface area contributed by atoms with Gasteiger partial charge in [0.1, 0.15) is 0 Å². The molecule has 0 bridgehead atoms. The van der Waals surface area contributed by atoms with Gasteiger partial charge in [-0.2, -0.15) is 0 Å². The van der Waals surface area contributed by atoms with E-state index in [1.54, 1.807) is 18.6 Å². The maximum atomic E-state index is 13.5. The van der Waals surface area contributed by atoms with E-state index in [1.165, 1.54) is 0 Å². The summed E-state index contributed by atoms with van der Waals surface area (Å²) >= 11 is 13.2. The quantitative estimate of drug-likeness (QED) is 0.466. The second-order valence-electron chi connectivity index (χ2n) is 8.74. The van der Waals surface area contributed by atoms with Gasteiger partial charge < -0.3 is 15.1 Å². The lowest BCUT2D eigenvalue weighted by molar-refractivity contribution is 0.125. The SMILES string of the molecule is CC(NC(=O)N(Cc1ccccc1)C1CCN(C)CC1)c1ccc(-c2cnccn2)c(Cl)c1Cl. The van der Waals surface area contributed by atoms with Crippen LogP contribution in [0.5, 0.6) is 0 Å². The van der Waals surface area contributed by atoms with Gasteiger partial charge in [0.2, 0.25) is 0 Å². The van der Waals surface area contributed by atoms with Crippen molar-refractivity contribution in [1.82, 2.24) is 25.1 Å². The number of benzene rings is 2. The molecule has 1 saturated heterocycles. The number of urea groups is 1. The number of rotatable bonds is 6. The van der Waals surface area contributed by atoms with Crippen molar-refractivity contribution in [3.63, 3.8) is 0 Å². The molecule has 1 unspecified atom stereocenters. The lowest BCUT2D eigenvalue weighted by Gasteiger charge is -2.38. The summed E-state index contributed by atoms with van der Waals surface area (Å²) in [6.45, 7) is 4.44. The summed E-state index contributed by atoms with van der Waals surface area (Å²) in [5, 5.41) is 3.96. The second kappa shape index (κ2) is 11.2. The van der Waals surface area contributed by atoms with Gasteiger partial charge in [0, 0.05) is 30.5 Å². The van der Waals surface area contributed by atoms with E-state index in [4.69, 9.17) is 23.2 Å². The minimum Gasteiger partial charge on any atom is -0.331 e. The minimum absolute atomic E-state index is 0.101. The van der Waals surface area contributed by atoms with Crippen molar-refractivity contribution in [3.8, 4) is 11.3 Å². The molecule has 1 aliphatic heterocycles. The molecule has 3 aromatic rings. The third kappa shape index (κ3) is 5.69. The van der Waals surface area contributed by atoms with Crippen molar-refractivity contribution < 1.29 is 4.79 Å². The molecule has 2 aromatic carbocycles.